The van der Waals surface area contributed by atoms with Crippen molar-refractivity contribution in [1.82, 2.24) is 0 Å². The maximum absolute atomic E-state index is 14.0. The van der Waals surface area contributed by atoms with Gasteiger partial charge in [-0.1, -0.05) is 17.7 Å². The van der Waals surface area contributed by atoms with Crippen LogP contribution in [-0.4, -0.2) is 34.1 Å². The molecule has 3 aromatic carbocycles. The predicted molar refractivity (Wildman–Crippen MR) is 123 cm³/mol. The van der Waals surface area contributed by atoms with Crippen LogP contribution in [-0.2, 0) is 21.0 Å². The zero-order valence-electron chi connectivity index (χ0n) is 18.2. The standard InChI is InChI=1S/C23H17ClF4N2O5S/c24-18-6-4-14(23(26,27)28)10-19(18)29-22(31)13-30(16-3-1-2-15(25)11-16)36(32,33)17-5-7-20-21(12-17)35-9-8-34-20/h1-7,10-12H,8-9,13H2,(H,29,31). The summed E-state index contributed by atoms with van der Waals surface area (Å²) in [5, 5.41) is 2.00. The van der Waals surface area contributed by atoms with Gasteiger partial charge in [0, 0.05) is 6.07 Å². The van der Waals surface area contributed by atoms with Crippen molar-refractivity contribution in [1.29, 1.82) is 0 Å². The Morgan fingerprint density at radius 1 is 1.00 bits per heavy atom. The molecule has 0 radical (unpaired) electrons. The van der Waals surface area contributed by atoms with Crippen LogP contribution in [0.15, 0.2) is 65.6 Å². The first-order chi connectivity index (χ1) is 16.9. The molecule has 0 aliphatic carbocycles. The monoisotopic (exact) mass is 544 g/mol. The average Bonchev–Trinajstić information content (AvgIpc) is 2.82. The molecule has 1 aliphatic rings. The van der Waals surface area contributed by atoms with E-state index in [-0.39, 0.29) is 40.3 Å². The first-order valence-electron chi connectivity index (χ1n) is 10.3. The van der Waals surface area contributed by atoms with Crippen molar-refractivity contribution in [3.8, 4) is 11.5 Å². The van der Waals surface area contributed by atoms with E-state index in [1.54, 1.807) is 0 Å². The summed E-state index contributed by atoms with van der Waals surface area (Å²) in [6.07, 6.45) is -4.70. The van der Waals surface area contributed by atoms with E-state index in [0.29, 0.717) is 16.1 Å². The summed E-state index contributed by atoms with van der Waals surface area (Å²) in [6, 6.07) is 10.6. The average molecular weight is 545 g/mol. The molecule has 1 amide bonds. The number of fused-ring (bicyclic) bond motifs is 1. The Morgan fingerprint density at radius 3 is 2.42 bits per heavy atom. The molecule has 7 nitrogen and oxygen atoms in total. The van der Waals surface area contributed by atoms with Gasteiger partial charge in [-0.2, -0.15) is 13.2 Å². The molecule has 0 saturated carbocycles. The molecular weight excluding hydrogens is 528 g/mol. The molecule has 0 unspecified atom stereocenters. The molecule has 0 bridgehead atoms. The maximum atomic E-state index is 14.0. The number of benzene rings is 3. The second-order valence-corrected chi connectivity index (χ2v) is 9.81. The van der Waals surface area contributed by atoms with Crippen molar-refractivity contribution in [2.45, 2.75) is 11.1 Å². The number of amides is 1. The van der Waals surface area contributed by atoms with Gasteiger partial charge in [-0.3, -0.25) is 9.10 Å². The van der Waals surface area contributed by atoms with Gasteiger partial charge in [-0.15, -0.1) is 0 Å². The van der Waals surface area contributed by atoms with Crippen LogP contribution in [0.2, 0.25) is 5.02 Å². The van der Waals surface area contributed by atoms with Crippen molar-refractivity contribution in [3.63, 3.8) is 0 Å². The lowest BCUT2D eigenvalue weighted by molar-refractivity contribution is -0.137. The first kappa shape index (κ1) is 25.6. The Morgan fingerprint density at radius 2 is 1.72 bits per heavy atom. The van der Waals surface area contributed by atoms with Crippen LogP contribution >= 0.6 is 11.6 Å². The van der Waals surface area contributed by atoms with Crippen LogP contribution in [0.1, 0.15) is 5.56 Å². The van der Waals surface area contributed by atoms with Gasteiger partial charge in [0.2, 0.25) is 5.91 Å². The molecule has 0 aromatic heterocycles. The number of sulfonamides is 1. The van der Waals surface area contributed by atoms with Crippen LogP contribution < -0.4 is 19.1 Å². The highest BCUT2D eigenvalue weighted by Gasteiger charge is 2.32. The van der Waals surface area contributed by atoms with Crippen molar-refractivity contribution < 1.29 is 40.2 Å². The number of carbonyl (C=O) groups is 1. The summed E-state index contributed by atoms with van der Waals surface area (Å²) in [4.78, 5) is 12.5. The van der Waals surface area contributed by atoms with Crippen molar-refractivity contribution in [3.05, 3.63) is 77.1 Å². The van der Waals surface area contributed by atoms with Gasteiger partial charge in [-0.05, 0) is 48.5 Å². The van der Waals surface area contributed by atoms with Gasteiger partial charge in [0.15, 0.2) is 11.5 Å². The molecule has 190 valence electrons. The lowest BCUT2D eigenvalue weighted by Crippen LogP contribution is -2.38. The van der Waals surface area contributed by atoms with E-state index >= 15 is 0 Å². The minimum Gasteiger partial charge on any atom is -0.486 e. The van der Waals surface area contributed by atoms with Crippen molar-refractivity contribution in [2.24, 2.45) is 0 Å². The zero-order chi connectivity index (χ0) is 26.1. The molecule has 1 aliphatic heterocycles. The summed E-state index contributed by atoms with van der Waals surface area (Å²) >= 11 is 5.93. The molecule has 36 heavy (non-hydrogen) atoms. The Labute approximate surface area is 208 Å². The lowest BCUT2D eigenvalue weighted by atomic mass is 10.2. The molecule has 4 rings (SSSR count). The molecule has 0 fully saturated rings. The highest BCUT2D eigenvalue weighted by atomic mass is 35.5. The minimum absolute atomic E-state index is 0.168. The number of rotatable bonds is 6. The number of alkyl halides is 3. The van der Waals surface area contributed by atoms with Gasteiger partial charge < -0.3 is 14.8 Å². The third-order valence-electron chi connectivity index (χ3n) is 5.05. The zero-order valence-corrected chi connectivity index (χ0v) is 19.8. The number of nitrogens with one attached hydrogen (secondary N) is 1. The molecule has 0 atom stereocenters. The van der Waals surface area contributed by atoms with Gasteiger partial charge >= 0.3 is 6.18 Å². The molecule has 0 spiro atoms. The van der Waals surface area contributed by atoms with Crippen molar-refractivity contribution >= 4 is 38.9 Å². The highest BCUT2D eigenvalue weighted by Crippen LogP contribution is 2.35. The van der Waals surface area contributed by atoms with Crippen LogP contribution in [0, 0.1) is 5.82 Å². The van der Waals surface area contributed by atoms with Crippen LogP contribution in [0.25, 0.3) is 0 Å². The Balaban J connectivity index is 1.68. The fourth-order valence-electron chi connectivity index (χ4n) is 3.38. The van der Waals surface area contributed by atoms with Gasteiger partial charge in [-0.25, -0.2) is 12.8 Å². The van der Waals surface area contributed by atoms with Crippen LogP contribution in [0.5, 0.6) is 11.5 Å². The highest BCUT2D eigenvalue weighted by molar-refractivity contribution is 7.92. The summed E-state index contributed by atoms with van der Waals surface area (Å²) in [6.45, 7) is -0.413. The number of halogens is 5. The summed E-state index contributed by atoms with van der Waals surface area (Å²) in [5.74, 6) is -1.28. The number of ether oxygens (including phenoxy) is 2. The lowest BCUT2D eigenvalue weighted by Gasteiger charge is -2.25. The number of hydrogen-bond acceptors (Lipinski definition) is 5. The Hall–Kier alpha value is -3.51. The molecule has 13 heteroatoms. The smallest absolute Gasteiger partial charge is 0.416 e. The van der Waals surface area contributed by atoms with Gasteiger partial charge in [0.05, 0.1) is 26.9 Å². The Kier molecular flexibility index (Phi) is 7.01. The SMILES string of the molecule is O=C(CN(c1cccc(F)c1)S(=O)(=O)c1ccc2c(c1)OCCO2)Nc1cc(C(F)(F)F)ccc1Cl. The molecule has 0 saturated heterocycles. The molecule has 1 N–H and O–H groups in total. The number of nitrogens with zero attached hydrogens (tertiary/aromatic N) is 1. The summed E-state index contributed by atoms with van der Waals surface area (Å²) < 4.78 is 91.6. The van der Waals surface area contributed by atoms with E-state index in [9.17, 15) is 30.8 Å². The fourth-order valence-corrected chi connectivity index (χ4v) is 4.97. The fraction of sp³-hybridized carbons (Fsp3) is 0.174. The second kappa shape index (κ2) is 9.86. The summed E-state index contributed by atoms with van der Waals surface area (Å²) in [5.41, 5.74) is -1.62. The summed E-state index contributed by atoms with van der Waals surface area (Å²) in [7, 11) is -4.48. The van der Waals surface area contributed by atoms with E-state index in [0.717, 1.165) is 24.3 Å². The van der Waals surface area contributed by atoms with E-state index in [1.165, 1.54) is 30.3 Å². The normalized spacial score (nSPS) is 13.2. The molecule has 1 heterocycles. The predicted octanol–water partition coefficient (Wildman–Crippen LogP) is 5.10. The van der Waals surface area contributed by atoms with E-state index in [1.807, 2.05) is 0 Å². The maximum Gasteiger partial charge on any atom is 0.416 e. The quantitative estimate of drug-likeness (QED) is 0.436. The third kappa shape index (κ3) is 5.49. The number of carbonyl (C=O) groups excluding carboxylic acids is 1. The van der Waals surface area contributed by atoms with Crippen molar-refractivity contribution in [2.75, 3.05) is 29.4 Å². The number of anilines is 2. The minimum atomic E-state index is -4.70. The topological polar surface area (TPSA) is 84.9 Å². The van der Waals surface area contributed by atoms with Crippen LogP contribution in [0.3, 0.4) is 0 Å². The molecule has 3 aromatic rings. The van der Waals surface area contributed by atoms with E-state index in [2.05, 4.69) is 5.32 Å². The third-order valence-corrected chi connectivity index (χ3v) is 7.15. The Bertz CT molecular complexity index is 1420. The van der Waals surface area contributed by atoms with Crippen LogP contribution in [0.4, 0.5) is 28.9 Å². The van der Waals surface area contributed by atoms with Gasteiger partial charge in [0.1, 0.15) is 25.6 Å². The largest absolute Gasteiger partial charge is 0.486 e. The number of hydrogen-bond donors (Lipinski definition) is 1. The van der Waals surface area contributed by atoms with Gasteiger partial charge in [0.25, 0.3) is 10.0 Å². The second-order valence-electron chi connectivity index (χ2n) is 7.54. The molecular formula is C23H17ClF4N2O5S. The van der Waals surface area contributed by atoms with E-state index in [4.69, 9.17) is 21.1 Å². The first-order valence-corrected chi connectivity index (χ1v) is 12.1. The van der Waals surface area contributed by atoms with E-state index < -0.39 is 40.0 Å².